The Morgan fingerprint density at radius 2 is 1.54 bits per heavy atom. The van der Waals surface area contributed by atoms with Gasteiger partial charge in [0.1, 0.15) is 6.33 Å². The highest BCUT2D eigenvalue weighted by atomic mass is 16.2. The van der Waals surface area contributed by atoms with Crippen LogP contribution in [0.15, 0.2) is 49.1 Å². The van der Waals surface area contributed by atoms with Crippen molar-refractivity contribution in [1.82, 2.24) is 24.7 Å². The lowest BCUT2D eigenvalue weighted by Gasteiger charge is -2.51. The van der Waals surface area contributed by atoms with Crippen LogP contribution in [0.4, 0.5) is 10.5 Å². The molecule has 2 saturated heterocycles. The third kappa shape index (κ3) is 4.71. The Morgan fingerprint density at radius 1 is 0.892 bits per heavy atom. The number of hydrogen-bond donors (Lipinski definition) is 0. The molecule has 7 heteroatoms. The lowest BCUT2D eigenvalue weighted by atomic mass is 9.68. The van der Waals surface area contributed by atoms with E-state index in [2.05, 4.69) is 74.0 Å². The van der Waals surface area contributed by atoms with E-state index in [1.807, 2.05) is 12.4 Å². The van der Waals surface area contributed by atoms with Crippen LogP contribution in [0.1, 0.15) is 56.9 Å². The highest BCUT2D eigenvalue weighted by Crippen LogP contribution is 2.50. The van der Waals surface area contributed by atoms with Gasteiger partial charge < -0.3 is 14.7 Å². The molecule has 6 rings (SSSR count). The second kappa shape index (κ2) is 9.90. The molecule has 1 spiro atoms. The van der Waals surface area contributed by atoms with Crippen LogP contribution >= 0.6 is 0 Å². The highest BCUT2D eigenvalue weighted by Gasteiger charge is 2.55. The van der Waals surface area contributed by atoms with E-state index in [1.165, 1.54) is 18.4 Å². The van der Waals surface area contributed by atoms with Crippen LogP contribution < -0.4 is 4.90 Å². The fourth-order valence-corrected chi connectivity index (χ4v) is 7.29. The Balaban J connectivity index is 1.15. The van der Waals surface area contributed by atoms with Gasteiger partial charge in [-0.15, -0.1) is 0 Å². The van der Waals surface area contributed by atoms with Crippen LogP contribution in [-0.4, -0.2) is 83.1 Å². The highest BCUT2D eigenvalue weighted by molar-refractivity contribution is 5.78. The van der Waals surface area contributed by atoms with Crippen LogP contribution in [0.2, 0.25) is 0 Å². The zero-order valence-corrected chi connectivity index (χ0v) is 22.6. The van der Waals surface area contributed by atoms with Gasteiger partial charge in [0.25, 0.3) is 0 Å². The zero-order chi connectivity index (χ0) is 25.5. The van der Waals surface area contributed by atoms with Gasteiger partial charge in [-0.05, 0) is 82.9 Å². The third-order valence-electron chi connectivity index (χ3n) is 9.88. The number of anilines is 1. The largest absolute Gasteiger partial charge is 0.369 e. The van der Waals surface area contributed by atoms with Crippen molar-refractivity contribution in [3.63, 3.8) is 0 Å². The van der Waals surface area contributed by atoms with Gasteiger partial charge in [0, 0.05) is 38.3 Å². The summed E-state index contributed by atoms with van der Waals surface area (Å²) >= 11 is 0. The molecule has 0 atom stereocenters. The summed E-state index contributed by atoms with van der Waals surface area (Å²) in [5.41, 5.74) is 2.58. The lowest BCUT2D eigenvalue weighted by Crippen LogP contribution is -2.55. The van der Waals surface area contributed by atoms with E-state index in [-0.39, 0.29) is 11.1 Å². The monoisotopic (exact) mass is 502 g/mol. The van der Waals surface area contributed by atoms with Gasteiger partial charge in [0.05, 0.1) is 23.6 Å². The molecule has 0 N–H and O–H groups in total. The summed E-state index contributed by atoms with van der Waals surface area (Å²) < 4.78 is 0. The number of rotatable bonds is 7. The molecule has 1 aromatic carbocycles. The van der Waals surface area contributed by atoms with Gasteiger partial charge in [0.2, 0.25) is 0 Å². The average Bonchev–Trinajstić information content (AvgIpc) is 3.73. The van der Waals surface area contributed by atoms with Crippen molar-refractivity contribution < 1.29 is 4.79 Å². The topological polar surface area (TPSA) is 55.8 Å². The Hall–Kier alpha value is -2.67. The molecule has 3 heterocycles. The molecule has 4 fully saturated rings. The number of benzene rings is 1. The predicted octanol–water partition coefficient (Wildman–Crippen LogP) is 4.61. The Kier molecular flexibility index (Phi) is 6.59. The Morgan fingerprint density at radius 3 is 2.16 bits per heavy atom. The zero-order valence-electron chi connectivity index (χ0n) is 22.6. The second-order valence-electron chi connectivity index (χ2n) is 12.3. The Bertz CT molecular complexity index is 1060. The second-order valence-corrected chi connectivity index (χ2v) is 12.3. The molecule has 2 aliphatic heterocycles. The van der Waals surface area contributed by atoms with E-state index in [1.54, 1.807) is 6.33 Å². The molecule has 2 aromatic rings. The maximum atomic E-state index is 13.9. The summed E-state index contributed by atoms with van der Waals surface area (Å²) in [6, 6.07) is 11.3. The van der Waals surface area contributed by atoms with E-state index < -0.39 is 0 Å². The number of urea groups is 1. The van der Waals surface area contributed by atoms with E-state index >= 15 is 0 Å². The summed E-state index contributed by atoms with van der Waals surface area (Å²) in [5.74, 6) is 1.28. The van der Waals surface area contributed by atoms with E-state index in [4.69, 9.17) is 0 Å². The molecule has 0 bridgehead atoms. The van der Waals surface area contributed by atoms with Crippen molar-refractivity contribution in [3.8, 4) is 0 Å². The molecular weight excluding hydrogens is 460 g/mol. The van der Waals surface area contributed by atoms with Gasteiger partial charge in [-0.2, -0.15) is 0 Å². The maximum absolute atomic E-state index is 13.9. The number of aromatic nitrogens is 2. The number of carbonyl (C=O) groups is 1. The molecule has 0 unspecified atom stereocenters. The molecule has 4 aliphatic rings. The summed E-state index contributed by atoms with van der Waals surface area (Å²) in [5, 5.41) is 0. The number of amides is 2. The standard InChI is InChI=1S/C30H42N6O/c1-33(2)30(26-6-4-3-5-7-26)14-12-29(13-15-30)22-35(28(37)36(29)21-24-8-9-24)20-25-10-16-34(17-11-25)27-18-31-23-32-19-27/h3-7,18-19,23-25H,8-17,20-22H2,1-2H3/t29-,30-. The summed E-state index contributed by atoms with van der Waals surface area (Å²) in [6.45, 7) is 4.79. The molecule has 2 saturated carbocycles. The fourth-order valence-electron chi connectivity index (χ4n) is 7.29. The molecule has 0 radical (unpaired) electrons. The molecule has 37 heavy (non-hydrogen) atoms. The first-order valence-electron chi connectivity index (χ1n) is 14.3. The van der Waals surface area contributed by atoms with Crippen molar-refractivity contribution in [1.29, 1.82) is 0 Å². The van der Waals surface area contributed by atoms with Crippen molar-refractivity contribution in [2.75, 3.05) is 51.7 Å². The van der Waals surface area contributed by atoms with Crippen LogP contribution in [0.5, 0.6) is 0 Å². The van der Waals surface area contributed by atoms with E-state index in [0.29, 0.717) is 17.9 Å². The molecule has 1 aromatic heterocycles. The van der Waals surface area contributed by atoms with Crippen molar-refractivity contribution in [2.45, 2.75) is 62.4 Å². The first-order valence-corrected chi connectivity index (χ1v) is 14.3. The van der Waals surface area contributed by atoms with Gasteiger partial charge in [-0.25, -0.2) is 14.8 Å². The SMILES string of the molecule is CN(C)[C@]1(c2ccccc2)CC[C@@]2(CC1)CN(CC1CCN(c3cncnc3)CC1)C(=O)N2CC1CC1. The first kappa shape index (κ1) is 24.7. The molecule has 7 nitrogen and oxygen atoms in total. The number of piperidine rings is 1. The molecule has 2 aliphatic carbocycles. The number of nitrogens with zero attached hydrogens (tertiary/aromatic N) is 6. The van der Waals surface area contributed by atoms with Gasteiger partial charge in [-0.1, -0.05) is 30.3 Å². The normalized spacial score (nSPS) is 29.1. The average molecular weight is 503 g/mol. The minimum absolute atomic E-state index is 0.00393. The number of carbonyl (C=O) groups excluding carboxylic acids is 1. The van der Waals surface area contributed by atoms with Gasteiger partial charge in [0.15, 0.2) is 0 Å². The molecule has 2 amide bonds. The van der Waals surface area contributed by atoms with Gasteiger partial charge >= 0.3 is 6.03 Å². The summed E-state index contributed by atoms with van der Waals surface area (Å²) in [4.78, 5) is 31.6. The van der Waals surface area contributed by atoms with Gasteiger partial charge in [-0.3, -0.25) is 4.90 Å². The minimum atomic E-state index is -0.00393. The minimum Gasteiger partial charge on any atom is -0.369 e. The lowest BCUT2D eigenvalue weighted by molar-refractivity contribution is 0.0231. The molecule has 198 valence electrons. The molecular formula is C30H42N6O. The smallest absolute Gasteiger partial charge is 0.320 e. The maximum Gasteiger partial charge on any atom is 0.320 e. The van der Waals surface area contributed by atoms with Crippen LogP contribution in [-0.2, 0) is 5.54 Å². The van der Waals surface area contributed by atoms with E-state index in [0.717, 1.165) is 76.9 Å². The van der Waals surface area contributed by atoms with E-state index in [9.17, 15) is 4.79 Å². The van der Waals surface area contributed by atoms with Crippen molar-refractivity contribution >= 4 is 11.7 Å². The quantitative estimate of drug-likeness (QED) is 0.553. The third-order valence-corrected chi connectivity index (χ3v) is 9.88. The Labute approximate surface area is 221 Å². The van der Waals surface area contributed by atoms with Crippen LogP contribution in [0.25, 0.3) is 0 Å². The van der Waals surface area contributed by atoms with Crippen LogP contribution in [0, 0.1) is 11.8 Å². The van der Waals surface area contributed by atoms with Crippen molar-refractivity contribution in [2.24, 2.45) is 11.8 Å². The van der Waals surface area contributed by atoms with Crippen LogP contribution in [0.3, 0.4) is 0 Å². The van der Waals surface area contributed by atoms with Crippen molar-refractivity contribution in [3.05, 3.63) is 54.6 Å². The summed E-state index contributed by atoms with van der Waals surface area (Å²) in [6.07, 6.45) is 14.6. The predicted molar refractivity (Wildman–Crippen MR) is 146 cm³/mol. The number of hydrogen-bond acceptors (Lipinski definition) is 5. The fraction of sp³-hybridized carbons (Fsp3) is 0.633. The summed E-state index contributed by atoms with van der Waals surface area (Å²) in [7, 11) is 4.46. The first-order chi connectivity index (χ1) is 18.0.